The standard InChI is InChI=1S/C22H31F3N4/c1-13(2)17-9-16(15(5)27-21(17)28(6)7)12-29(8)19-10-20(22(23,24)25)26-11-18(19)14(3)4/h9-11,13-14H,12H2,1-8H3. The predicted octanol–water partition coefficient (Wildman–Crippen LogP) is 5.75. The minimum absolute atomic E-state index is 0.0591. The zero-order valence-corrected chi connectivity index (χ0v) is 18.5. The van der Waals surface area contributed by atoms with Crippen molar-refractivity contribution in [3.8, 4) is 0 Å². The molecule has 160 valence electrons. The number of rotatable bonds is 6. The Morgan fingerprint density at radius 1 is 0.966 bits per heavy atom. The monoisotopic (exact) mass is 408 g/mol. The van der Waals surface area contributed by atoms with Crippen LogP contribution in [0, 0.1) is 6.92 Å². The smallest absolute Gasteiger partial charge is 0.370 e. The molecule has 0 fully saturated rings. The molecule has 0 aliphatic carbocycles. The molecule has 0 aliphatic heterocycles. The predicted molar refractivity (Wildman–Crippen MR) is 113 cm³/mol. The van der Waals surface area contributed by atoms with Crippen LogP contribution in [0.1, 0.15) is 67.6 Å². The number of aromatic nitrogens is 2. The molecule has 0 aromatic carbocycles. The Kier molecular flexibility index (Phi) is 6.81. The van der Waals surface area contributed by atoms with E-state index < -0.39 is 11.9 Å². The molecule has 0 saturated heterocycles. The summed E-state index contributed by atoms with van der Waals surface area (Å²) in [4.78, 5) is 12.2. The molecule has 0 N–H and O–H groups in total. The first-order valence-electron chi connectivity index (χ1n) is 9.78. The molecule has 0 bridgehead atoms. The quantitative estimate of drug-likeness (QED) is 0.609. The summed E-state index contributed by atoms with van der Waals surface area (Å²) in [6.45, 7) is 10.5. The summed E-state index contributed by atoms with van der Waals surface area (Å²) in [6.07, 6.45) is -3.13. The van der Waals surface area contributed by atoms with E-state index in [1.807, 2.05) is 51.7 Å². The first-order chi connectivity index (χ1) is 13.3. The van der Waals surface area contributed by atoms with E-state index in [9.17, 15) is 13.2 Å². The van der Waals surface area contributed by atoms with Gasteiger partial charge in [0.1, 0.15) is 11.5 Å². The molecule has 2 aromatic rings. The zero-order chi connectivity index (χ0) is 22.1. The lowest BCUT2D eigenvalue weighted by atomic mass is 9.99. The van der Waals surface area contributed by atoms with Crippen LogP contribution >= 0.6 is 0 Å². The van der Waals surface area contributed by atoms with Gasteiger partial charge in [0.15, 0.2) is 0 Å². The second-order valence-electron chi connectivity index (χ2n) is 8.33. The summed E-state index contributed by atoms with van der Waals surface area (Å²) in [5, 5.41) is 0. The average molecular weight is 409 g/mol. The fraction of sp³-hybridized carbons (Fsp3) is 0.545. The van der Waals surface area contributed by atoms with Crippen LogP contribution in [0.25, 0.3) is 0 Å². The van der Waals surface area contributed by atoms with Crippen molar-refractivity contribution in [1.82, 2.24) is 9.97 Å². The van der Waals surface area contributed by atoms with Gasteiger partial charge < -0.3 is 9.80 Å². The first kappa shape index (κ1) is 23.0. The third-order valence-corrected chi connectivity index (χ3v) is 5.02. The lowest BCUT2D eigenvalue weighted by Gasteiger charge is -2.27. The third kappa shape index (κ3) is 5.19. The van der Waals surface area contributed by atoms with Crippen molar-refractivity contribution in [3.05, 3.63) is 46.4 Å². The number of hydrogen-bond acceptors (Lipinski definition) is 4. The van der Waals surface area contributed by atoms with E-state index in [1.54, 1.807) is 0 Å². The Morgan fingerprint density at radius 2 is 1.55 bits per heavy atom. The molecule has 2 heterocycles. The fourth-order valence-electron chi connectivity index (χ4n) is 3.32. The number of hydrogen-bond donors (Lipinski definition) is 0. The molecule has 0 unspecified atom stereocenters. The number of anilines is 2. The molecule has 29 heavy (non-hydrogen) atoms. The van der Waals surface area contributed by atoms with Gasteiger partial charge in [-0.15, -0.1) is 0 Å². The Morgan fingerprint density at radius 3 is 2.03 bits per heavy atom. The maximum atomic E-state index is 13.2. The molecule has 0 aliphatic rings. The Bertz CT molecular complexity index is 858. The summed E-state index contributed by atoms with van der Waals surface area (Å²) in [7, 11) is 5.74. The second-order valence-corrected chi connectivity index (χ2v) is 8.33. The highest BCUT2D eigenvalue weighted by Gasteiger charge is 2.33. The molecule has 2 rings (SSSR count). The third-order valence-electron chi connectivity index (χ3n) is 5.02. The van der Waals surface area contributed by atoms with Crippen molar-refractivity contribution >= 4 is 11.5 Å². The molecule has 0 amide bonds. The maximum absolute atomic E-state index is 13.2. The van der Waals surface area contributed by atoms with Crippen LogP contribution < -0.4 is 9.80 Å². The molecule has 7 heteroatoms. The van der Waals surface area contributed by atoms with E-state index in [1.165, 1.54) is 6.20 Å². The Labute approximate surface area is 171 Å². The summed E-state index contributed by atoms with van der Waals surface area (Å²) < 4.78 is 39.7. The van der Waals surface area contributed by atoms with Crippen LogP contribution in [0.15, 0.2) is 18.3 Å². The molecular weight excluding hydrogens is 377 g/mol. The molecule has 0 saturated carbocycles. The zero-order valence-electron chi connectivity index (χ0n) is 18.5. The number of aryl methyl sites for hydroxylation is 1. The molecule has 2 aromatic heterocycles. The number of pyridine rings is 2. The van der Waals surface area contributed by atoms with Gasteiger partial charge in [-0.2, -0.15) is 13.2 Å². The van der Waals surface area contributed by atoms with Crippen LogP contribution in [0.3, 0.4) is 0 Å². The highest BCUT2D eigenvalue weighted by atomic mass is 19.4. The molecule has 0 spiro atoms. The van der Waals surface area contributed by atoms with E-state index in [4.69, 9.17) is 4.98 Å². The van der Waals surface area contributed by atoms with Crippen molar-refractivity contribution in [1.29, 1.82) is 0 Å². The second kappa shape index (κ2) is 8.59. The number of halogens is 3. The lowest BCUT2D eigenvalue weighted by molar-refractivity contribution is -0.141. The molecular formula is C22H31F3N4. The van der Waals surface area contributed by atoms with Gasteiger partial charge in [-0.3, -0.25) is 4.98 Å². The highest BCUT2D eigenvalue weighted by Crippen LogP contribution is 2.35. The van der Waals surface area contributed by atoms with Crippen molar-refractivity contribution in [3.63, 3.8) is 0 Å². The van der Waals surface area contributed by atoms with Gasteiger partial charge >= 0.3 is 6.18 Å². The normalized spacial score (nSPS) is 12.0. The van der Waals surface area contributed by atoms with Crippen LogP contribution in [-0.2, 0) is 12.7 Å². The molecule has 0 radical (unpaired) electrons. The van der Waals surface area contributed by atoms with Gasteiger partial charge in [0.2, 0.25) is 0 Å². The minimum atomic E-state index is -4.47. The van der Waals surface area contributed by atoms with Crippen LogP contribution in [-0.4, -0.2) is 31.1 Å². The van der Waals surface area contributed by atoms with Gasteiger partial charge in [-0.1, -0.05) is 27.7 Å². The van der Waals surface area contributed by atoms with Gasteiger partial charge in [-0.05, 0) is 47.6 Å². The van der Waals surface area contributed by atoms with Crippen LogP contribution in [0.4, 0.5) is 24.7 Å². The van der Waals surface area contributed by atoms with E-state index >= 15 is 0 Å². The van der Waals surface area contributed by atoms with Crippen molar-refractivity contribution in [2.75, 3.05) is 30.9 Å². The lowest BCUT2D eigenvalue weighted by Crippen LogP contribution is -2.22. The van der Waals surface area contributed by atoms with E-state index in [2.05, 4.69) is 24.9 Å². The Balaban J connectivity index is 2.49. The molecule has 4 nitrogen and oxygen atoms in total. The van der Waals surface area contributed by atoms with Crippen molar-refractivity contribution in [2.24, 2.45) is 0 Å². The number of alkyl halides is 3. The van der Waals surface area contributed by atoms with Crippen molar-refractivity contribution in [2.45, 2.75) is 59.2 Å². The topological polar surface area (TPSA) is 32.3 Å². The number of nitrogens with zero attached hydrogens (tertiary/aromatic N) is 4. The first-order valence-corrected chi connectivity index (χ1v) is 9.78. The van der Waals surface area contributed by atoms with E-state index in [0.717, 1.165) is 34.3 Å². The Hall–Kier alpha value is -2.31. The van der Waals surface area contributed by atoms with Crippen LogP contribution in [0.2, 0.25) is 0 Å². The summed E-state index contributed by atoms with van der Waals surface area (Å²) in [5.74, 6) is 1.27. The molecule has 0 atom stereocenters. The average Bonchev–Trinajstić information content (AvgIpc) is 2.61. The summed E-state index contributed by atoms with van der Waals surface area (Å²) in [6, 6.07) is 3.27. The van der Waals surface area contributed by atoms with Gasteiger partial charge in [0, 0.05) is 45.3 Å². The van der Waals surface area contributed by atoms with Gasteiger partial charge in [0.25, 0.3) is 0 Å². The van der Waals surface area contributed by atoms with E-state index in [-0.39, 0.29) is 11.8 Å². The van der Waals surface area contributed by atoms with Gasteiger partial charge in [0.05, 0.1) is 0 Å². The van der Waals surface area contributed by atoms with Crippen LogP contribution in [0.5, 0.6) is 0 Å². The maximum Gasteiger partial charge on any atom is 0.433 e. The van der Waals surface area contributed by atoms with Crippen molar-refractivity contribution < 1.29 is 13.2 Å². The SMILES string of the molecule is Cc1nc(N(C)C)c(C(C)C)cc1CN(C)c1cc(C(F)(F)F)ncc1C(C)C. The highest BCUT2D eigenvalue weighted by molar-refractivity contribution is 5.56. The minimum Gasteiger partial charge on any atom is -0.370 e. The van der Waals surface area contributed by atoms with E-state index in [0.29, 0.717) is 12.2 Å². The van der Waals surface area contributed by atoms with Gasteiger partial charge in [-0.25, -0.2) is 4.98 Å². The summed E-state index contributed by atoms with van der Waals surface area (Å²) >= 11 is 0. The summed E-state index contributed by atoms with van der Waals surface area (Å²) in [5.41, 5.74) is 3.47. The largest absolute Gasteiger partial charge is 0.433 e. The fourth-order valence-corrected chi connectivity index (χ4v) is 3.32.